The minimum absolute atomic E-state index is 0.115. The number of rotatable bonds is 7. The standard InChI is InChI=1S/C56H37NO/c1-2-13-38(14-3-1)40-29-33-45(34-30-40)57(46-35-31-41(32-36-46)39-25-27-43(28-26-39)48-22-12-17-42-15-4-6-18-47(42)48)53-23-10-8-20-50(53)52-37-44-16-5-7-19-49(44)56-55(52)51-21-9-11-24-54(51)58-56/h1-37H/i31D,32D,35D,36D. The van der Waals surface area contributed by atoms with E-state index in [9.17, 15) is 5.48 Å². The summed E-state index contributed by atoms with van der Waals surface area (Å²) in [5, 5.41) is 6.26. The summed E-state index contributed by atoms with van der Waals surface area (Å²) in [6.07, 6.45) is 0. The van der Waals surface area contributed by atoms with E-state index >= 15 is 0 Å². The zero-order valence-electron chi connectivity index (χ0n) is 35.4. The molecular formula is C56H37NO. The Bertz CT molecular complexity index is 3470. The van der Waals surface area contributed by atoms with Crippen molar-refractivity contribution in [3.8, 4) is 44.5 Å². The van der Waals surface area contributed by atoms with Gasteiger partial charge in [-0.3, -0.25) is 0 Å². The van der Waals surface area contributed by atoms with Crippen LogP contribution in [0.5, 0.6) is 0 Å². The van der Waals surface area contributed by atoms with Crippen molar-refractivity contribution in [2.75, 3.05) is 4.90 Å². The van der Waals surface area contributed by atoms with E-state index in [1.54, 1.807) is 0 Å². The van der Waals surface area contributed by atoms with Gasteiger partial charge in [0.2, 0.25) is 0 Å². The van der Waals surface area contributed by atoms with Crippen molar-refractivity contribution in [2.45, 2.75) is 0 Å². The lowest BCUT2D eigenvalue weighted by Crippen LogP contribution is -2.11. The SMILES string of the molecule is [2H]c1c([2H])c(N(c2ccc(-c3ccccc3)cc2)c2ccccc2-c2cc3ccccc3c3oc4ccccc4c23)c([2H])c([2H])c1-c1ccc(-c2cccc3ccccc23)cc1. The van der Waals surface area contributed by atoms with Gasteiger partial charge in [-0.05, 0) is 97.5 Å². The summed E-state index contributed by atoms with van der Waals surface area (Å²) in [6.45, 7) is 0. The first-order chi connectivity index (χ1) is 30.4. The lowest BCUT2D eigenvalue weighted by atomic mass is 9.93. The maximum Gasteiger partial charge on any atom is 0.143 e. The van der Waals surface area contributed by atoms with Crippen LogP contribution in [0.15, 0.2) is 229 Å². The summed E-state index contributed by atoms with van der Waals surface area (Å²) in [4.78, 5) is 1.89. The molecule has 0 spiro atoms. The molecule has 0 aliphatic carbocycles. The summed E-state index contributed by atoms with van der Waals surface area (Å²) < 4.78 is 45.2. The van der Waals surface area contributed by atoms with Gasteiger partial charge < -0.3 is 9.32 Å². The molecule has 0 radical (unpaired) electrons. The molecule has 272 valence electrons. The van der Waals surface area contributed by atoms with Crippen molar-refractivity contribution in [3.05, 3.63) is 224 Å². The normalized spacial score (nSPS) is 12.4. The maximum atomic E-state index is 9.75. The largest absolute Gasteiger partial charge is 0.455 e. The number of benzene rings is 10. The highest BCUT2D eigenvalue weighted by atomic mass is 16.3. The van der Waals surface area contributed by atoms with Crippen molar-refractivity contribution in [3.63, 3.8) is 0 Å². The molecule has 0 saturated heterocycles. The van der Waals surface area contributed by atoms with E-state index in [-0.39, 0.29) is 35.4 Å². The highest BCUT2D eigenvalue weighted by molar-refractivity contribution is 6.22. The smallest absolute Gasteiger partial charge is 0.143 e. The predicted octanol–water partition coefficient (Wildman–Crippen LogP) is 16.0. The van der Waals surface area contributed by atoms with E-state index in [0.717, 1.165) is 76.9 Å². The van der Waals surface area contributed by atoms with E-state index < -0.39 is 0 Å². The first-order valence-corrected chi connectivity index (χ1v) is 19.5. The van der Waals surface area contributed by atoms with Gasteiger partial charge in [-0.1, -0.05) is 182 Å². The van der Waals surface area contributed by atoms with E-state index in [1.807, 2.05) is 138 Å². The van der Waals surface area contributed by atoms with Gasteiger partial charge in [0.05, 0.1) is 11.2 Å². The highest BCUT2D eigenvalue weighted by Crippen LogP contribution is 2.47. The van der Waals surface area contributed by atoms with Crippen LogP contribution in [-0.4, -0.2) is 0 Å². The summed E-state index contributed by atoms with van der Waals surface area (Å²) in [6, 6.07) is 66.5. The number of hydrogen-bond donors (Lipinski definition) is 0. The van der Waals surface area contributed by atoms with Crippen LogP contribution in [0.3, 0.4) is 0 Å². The number of anilines is 3. The van der Waals surface area contributed by atoms with Crippen molar-refractivity contribution >= 4 is 60.5 Å². The molecule has 1 aromatic heterocycles. The molecule has 0 atom stereocenters. The van der Waals surface area contributed by atoms with Crippen LogP contribution in [0.25, 0.3) is 88.0 Å². The average molecular weight is 744 g/mol. The van der Waals surface area contributed by atoms with Gasteiger partial charge in [0.15, 0.2) is 0 Å². The Hall–Kier alpha value is -7.68. The van der Waals surface area contributed by atoms with Gasteiger partial charge in [-0.25, -0.2) is 0 Å². The lowest BCUT2D eigenvalue weighted by Gasteiger charge is -2.28. The highest BCUT2D eigenvalue weighted by Gasteiger charge is 2.22. The Morgan fingerprint density at radius 3 is 1.74 bits per heavy atom. The van der Waals surface area contributed by atoms with Crippen LogP contribution < -0.4 is 4.90 Å². The minimum Gasteiger partial charge on any atom is -0.455 e. The number of hydrogen-bond acceptors (Lipinski definition) is 2. The number of para-hydroxylation sites is 2. The van der Waals surface area contributed by atoms with Crippen molar-refractivity contribution < 1.29 is 9.90 Å². The molecule has 11 aromatic rings. The Kier molecular flexibility index (Phi) is 7.20. The molecule has 2 nitrogen and oxygen atoms in total. The topological polar surface area (TPSA) is 16.4 Å². The van der Waals surface area contributed by atoms with Crippen molar-refractivity contribution in [1.82, 2.24) is 0 Å². The van der Waals surface area contributed by atoms with Crippen molar-refractivity contribution in [1.29, 1.82) is 0 Å². The minimum atomic E-state index is -0.140. The second kappa shape index (κ2) is 14.1. The van der Waals surface area contributed by atoms with E-state index in [0.29, 0.717) is 16.9 Å². The molecule has 0 aliphatic heterocycles. The summed E-state index contributed by atoms with van der Waals surface area (Å²) in [5.74, 6) is 0. The summed E-state index contributed by atoms with van der Waals surface area (Å²) >= 11 is 0. The molecular weight excluding hydrogens is 703 g/mol. The molecule has 0 amide bonds. The third-order valence-electron chi connectivity index (χ3n) is 11.1. The second-order valence-corrected chi connectivity index (χ2v) is 14.5. The van der Waals surface area contributed by atoms with Crippen LogP contribution in [0.1, 0.15) is 5.48 Å². The van der Waals surface area contributed by atoms with Gasteiger partial charge >= 0.3 is 0 Å². The number of nitrogens with zero attached hydrogens (tertiary/aromatic N) is 1. The average Bonchev–Trinajstić information content (AvgIpc) is 3.73. The zero-order chi connectivity index (χ0) is 41.9. The second-order valence-electron chi connectivity index (χ2n) is 14.5. The fraction of sp³-hybridized carbons (Fsp3) is 0. The molecule has 0 aliphatic rings. The monoisotopic (exact) mass is 743 g/mol. The Balaban J connectivity index is 1.12. The molecule has 1 heterocycles. The first kappa shape index (κ1) is 29.6. The molecule has 0 saturated carbocycles. The van der Waals surface area contributed by atoms with E-state index in [4.69, 9.17) is 4.42 Å². The molecule has 58 heavy (non-hydrogen) atoms. The molecule has 0 bridgehead atoms. The van der Waals surface area contributed by atoms with Gasteiger partial charge in [0, 0.05) is 33.1 Å². The van der Waals surface area contributed by atoms with E-state index in [2.05, 4.69) is 66.7 Å². The maximum absolute atomic E-state index is 9.75. The van der Waals surface area contributed by atoms with Gasteiger partial charge in [0.25, 0.3) is 0 Å². The van der Waals surface area contributed by atoms with E-state index in [1.165, 1.54) is 0 Å². The fourth-order valence-electron chi connectivity index (χ4n) is 8.35. The first-order valence-electron chi connectivity index (χ1n) is 21.5. The third-order valence-corrected chi connectivity index (χ3v) is 11.1. The van der Waals surface area contributed by atoms with Gasteiger partial charge in [-0.15, -0.1) is 0 Å². The van der Waals surface area contributed by atoms with Gasteiger partial charge in [0.1, 0.15) is 11.2 Å². The van der Waals surface area contributed by atoms with Crippen LogP contribution in [0.4, 0.5) is 17.1 Å². The molecule has 0 unspecified atom stereocenters. The number of furan rings is 1. The van der Waals surface area contributed by atoms with Gasteiger partial charge in [-0.2, -0.15) is 0 Å². The molecule has 10 aromatic carbocycles. The van der Waals surface area contributed by atoms with Crippen LogP contribution >= 0.6 is 0 Å². The Labute approximate surface area is 343 Å². The van der Waals surface area contributed by atoms with Crippen LogP contribution in [0, 0.1) is 0 Å². The Morgan fingerprint density at radius 2 is 0.931 bits per heavy atom. The third kappa shape index (κ3) is 5.82. The summed E-state index contributed by atoms with van der Waals surface area (Å²) in [5.41, 5.74) is 9.95. The molecule has 0 N–H and O–H groups in total. The fourth-order valence-corrected chi connectivity index (χ4v) is 8.35. The summed E-state index contributed by atoms with van der Waals surface area (Å²) in [7, 11) is 0. The molecule has 0 fully saturated rings. The predicted molar refractivity (Wildman–Crippen MR) is 245 cm³/mol. The number of fused-ring (bicyclic) bond motifs is 6. The van der Waals surface area contributed by atoms with Crippen LogP contribution in [0.2, 0.25) is 0 Å². The quantitative estimate of drug-likeness (QED) is 0.162. The van der Waals surface area contributed by atoms with Crippen LogP contribution in [-0.2, 0) is 0 Å². The zero-order valence-corrected chi connectivity index (χ0v) is 31.4. The molecule has 2 heteroatoms. The lowest BCUT2D eigenvalue weighted by molar-refractivity contribution is 0.673. The Morgan fingerprint density at radius 1 is 0.362 bits per heavy atom. The molecule has 11 rings (SSSR count). The van der Waals surface area contributed by atoms with Crippen molar-refractivity contribution in [2.24, 2.45) is 0 Å².